The standard InChI is InChI=1S/C17H19ClN4O/c18-13-5-2-1-4-11(13)15-6-3-9-22(15)17(23)16-12-10-19-8-7-14(12)20-21-16/h1-2,4-5,15,19H,3,6-10H2,(H,20,21). The minimum atomic E-state index is 0.00798. The molecule has 1 amide bonds. The lowest BCUT2D eigenvalue weighted by molar-refractivity contribution is 0.0728. The smallest absolute Gasteiger partial charge is 0.275 e. The molecule has 120 valence electrons. The molecule has 1 unspecified atom stereocenters. The number of likely N-dealkylation sites (tertiary alicyclic amines) is 1. The first-order valence-corrected chi connectivity index (χ1v) is 8.45. The Morgan fingerprint density at radius 3 is 3.09 bits per heavy atom. The molecule has 1 aromatic heterocycles. The summed E-state index contributed by atoms with van der Waals surface area (Å²) in [7, 11) is 0. The number of carbonyl (C=O) groups is 1. The summed E-state index contributed by atoms with van der Waals surface area (Å²) in [5.41, 5.74) is 3.69. The van der Waals surface area contributed by atoms with Crippen LogP contribution in [0.5, 0.6) is 0 Å². The Balaban J connectivity index is 1.65. The number of nitrogens with zero attached hydrogens (tertiary/aromatic N) is 2. The molecule has 2 N–H and O–H groups in total. The van der Waals surface area contributed by atoms with E-state index in [-0.39, 0.29) is 11.9 Å². The van der Waals surface area contributed by atoms with E-state index >= 15 is 0 Å². The van der Waals surface area contributed by atoms with Gasteiger partial charge >= 0.3 is 0 Å². The summed E-state index contributed by atoms with van der Waals surface area (Å²) in [6.07, 6.45) is 2.83. The summed E-state index contributed by atoms with van der Waals surface area (Å²) in [5, 5.41) is 11.4. The largest absolute Gasteiger partial charge is 0.330 e. The van der Waals surface area contributed by atoms with Crippen LogP contribution < -0.4 is 5.32 Å². The van der Waals surface area contributed by atoms with Gasteiger partial charge in [-0.15, -0.1) is 0 Å². The van der Waals surface area contributed by atoms with Crippen molar-refractivity contribution in [2.24, 2.45) is 0 Å². The summed E-state index contributed by atoms with van der Waals surface area (Å²) < 4.78 is 0. The first-order chi connectivity index (χ1) is 11.3. The molecule has 1 atom stereocenters. The van der Waals surface area contributed by atoms with Crippen molar-refractivity contribution in [3.8, 4) is 0 Å². The number of nitrogens with one attached hydrogen (secondary N) is 2. The second-order valence-electron chi connectivity index (χ2n) is 6.13. The molecule has 23 heavy (non-hydrogen) atoms. The first-order valence-electron chi connectivity index (χ1n) is 8.08. The Labute approximate surface area is 140 Å². The molecule has 1 saturated heterocycles. The minimum Gasteiger partial charge on any atom is -0.330 e. The molecule has 0 saturated carbocycles. The van der Waals surface area contributed by atoms with Gasteiger partial charge in [0.05, 0.1) is 6.04 Å². The van der Waals surface area contributed by atoms with E-state index in [0.29, 0.717) is 12.2 Å². The average molecular weight is 331 g/mol. The van der Waals surface area contributed by atoms with Crippen molar-refractivity contribution in [3.05, 3.63) is 51.8 Å². The maximum absolute atomic E-state index is 13.0. The molecule has 0 radical (unpaired) electrons. The Bertz CT molecular complexity index is 742. The third-order valence-electron chi connectivity index (χ3n) is 4.79. The van der Waals surface area contributed by atoms with Gasteiger partial charge in [-0.3, -0.25) is 9.89 Å². The number of hydrogen-bond acceptors (Lipinski definition) is 3. The summed E-state index contributed by atoms with van der Waals surface area (Å²) in [6, 6.07) is 7.84. The van der Waals surface area contributed by atoms with E-state index in [4.69, 9.17) is 11.6 Å². The van der Waals surface area contributed by atoms with Crippen molar-refractivity contribution in [1.29, 1.82) is 0 Å². The molecule has 5 nitrogen and oxygen atoms in total. The summed E-state index contributed by atoms with van der Waals surface area (Å²) >= 11 is 6.34. The third kappa shape index (κ3) is 2.54. The van der Waals surface area contributed by atoms with Crippen molar-refractivity contribution in [3.63, 3.8) is 0 Å². The van der Waals surface area contributed by atoms with Gasteiger partial charge in [-0.25, -0.2) is 0 Å². The number of hydrogen-bond donors (Lipinski definition) is 2. The van der Waals surface area contributed by atoms with E-state index in [2.05, 4.69) is 15.5 Å². The lowest BCUT2D eigenvalue weighted by Gasteiger charge is -2.25. The van der Waals surface area contributed by atoms with Crippen LogP contribution >= 0.6 is 11.6 Å². The molecule has 1 aromatic carbocycles. The van der Waals surface area contributed by atoms with Crippen molar-refractivity contribution < 1.29 is 4.79 Å². The maximum Gasteiger partial charge on any atom is 0.275 e. The zero-order valence-electron chi connectivity index (χ0n) is 12.8. The van der Waals surface area contributed by atoms with E-state index in [0.717, 1.165) is 54.2 Å². The van der Waals surface area contributed by atoms with Crippen LogP contribution in [0.3, 0.4) is 0 Å². The van der Waals surface area contributed by atoms with Crippen molar-refractivity contribution in [1.82, 2.24) is 20.4 Å². The van der Waals surface area contributed by atoms with E-state index in [9.17, 15) is 4.79 Å². The predicted octanol–water partition coefficient (Wildman–Crippen LogP) is 2.69. The van der Waals surface area contributed by atoms with Crippen LogP contribution in [-0.2, 0) is 13.0 Å². The molecule has 0 bridgehead atoms. The lowest BCUT2D eigenvalue weighted by Crippen LogP contribution is -2.33. The zero-order valence-corrected chi connectivity index (χ0v) is 13.6. The molecule has 2 aliphatic heterocycles. The number of aromatic amines is 1. The highest BCUT2D eigenvalue weighted by molar-refractivity contribution is 6.31. The zero-order chi connectivity index (χ0) is 15.8. The topological polar surface area (TPSA) is 61.0 Å². The molecule has 0 aliphatic carbocycles. The minimum absolute atomic E-state index is 0.00798. The molecular weight excluding hydrogens is 312 g/mol. The van der Waals surface area contributed by atoms with Gasteiger partial charge in [0.1, 0.15) is 0 Å². The molecule has 2 aromatic rings. The Kier molecular flexibility index (Phi) is 3.83. The van der Waals surface area contributed by atoms with Gasteiger partial charge in [0.2, 0.25) is 0 Å². The first kappa shape index (κ1) is 14.7. The normalized spacial score (nSPS) is 20.6. The molecule has 6 heteroatoms. The van der Waals surface area contributed by atoms with Crippen molar-refractivity contribution in [2.45, 2.75) is 31.8 Å². The van der Waals surface area contributed by atoms with Gasteiger partial charge < -0.3 is 10.2 Å². The highest BCUT2D eigenvalue weighted by Gasteiger charge is 2.34. The number of aromatic nitrogens is 2. The van der Waals surface area contributed by atoms with Crippen LogP contribution in [-0.4, -0.2) is 34.1 Å². The molecular formula is C17H19ClN4O. The number of H-pyrrole nitrogens is 1. The quantitative estimate of drug-likeness (QED) is 0.890. The highest BCUT2D eigenvalue weighted by atomic mass is 35.5. The van der Waals surface area contributed by atoms with E-state index < -0.39 is 0 Å². The van der Waals surface area contributed by atoms with Crippen LogP contribution in [0.25, 0.3) is 0 Å². The van der Waals surface area contributed by atoms with E-state index in [1.807, 2.05) is 29.2 Å². The van der Waals surface area contributed by atoms with Crippen molar-refractivity contribution >= 4 is 17.5 Å². The van der Waals surface area contributed by atoms with Gasteiger partial charge in [-0.1, -0.05) is 29.8 Å². The van der Waals surface area contributed by atoms with Gasteiger partial charge in [0.25, 0.3) is 5.91 Å². The summed E-state index contributed by atoms with van der Waals surface area (Å²) in [5.74, 6) is 0.00798. The van der Waals surface area contributed by atoms with Crippen molar-refractivity contribution in [2.75, 3.05) is 13.1 Å². The fourth-order valence-corrected chi connectivity index (χ4v) is 3.88. The number of rotatable bonds is 2. The van der Waals surface area contributed by atoms with E-state index in [1.54, 1.807) is 0 Å². The third-order valence-corrected chi connectivity index (χ3v) is 5.13. The fraction of sp³-hybridized carbons (Fsp3) is 0.412. The maximum atomic E-state index is 13.0. The molecule has 3 heterocycles. The Morgan fingerprint density at radius 1 is 1.35 bits per heavy atom. The highest BCUT2D eigenvalue weighted by Crippen LogP contribution is 2.36. The Morgan fingerprint density at radius 2 is 2.22 bits per heavy atom. The Hall–Kier alpha value is -1.85. The molecule has 1 fully saturated rings. The SMILES string of the molecule is O=C(c1n[nH]c2c1CNCC2)N1CCCC1c1ccccc1Cl. The average Bonchev–Trinajstić information content (AvgIpc) is 3.22. The molecule has 4 rings (SSSR count). The van der Waals surface area contributed by atoms with Crippen LogP contribution in [0.4, 0.5) is 0 Å². The van der Waals surface area contributed by atoms with Crippen LogP contribution in [0.2, 0.25) is 5.02 Å². The number of fused-ring (bicyclic) bond motifs is 1. The van der Waals surface area contributed by atoms with Gasteiger partial charge in [0.15, 0.2) is 5.69 Å². The lowest BCUT2D eigenvalue weighted by atomic mass is 10.0. The summed E-state index contributed by atoms with van der Waals surface area (Å²) in [4.78, 5) is 15.0. The number of carbonyl (C=O) groups excluding carboxylic acids is 1. The second-order valence-corrected chi connectivity index (χ2v) is 6.54. The van der Waals surface area contributed by atoms with Gasteiger partial charge in [-0.05, 0) is 24.5 Å². The van der Waals surface area contributed by atoms with Gasteiger partial charge in [0, 0.05) is 42.3 Å². The van der Waals surface area contributed by atoms with Crippen LogP contribution in [0.15, 0.2) is 24.3 Å². The molecule has 0 spiro atoms. The number of amides is 1. The monoisotopic (exact) mass is 330 g/mol. The number of benzene rings is 1. The van der Waals surface area contributed by atoms with Crippen LogP contribution in [0.1, 0.15) is 46.2 Å². The predicted molar refractivity (Wildman–Crippen MR) is 88.5 cm³/mol. The van der Waals surface area contributed by atoms with Crippen LogP contribution in [0, 0.1) is 0 Å². The van der Waals surface area contributed by atoms with Gasteiger partial charge in [-0.2, -0.15) is 5.10 Å². The summed E-state index contributed by atoms with van der Waals surface area (Å²) in [6.45, 7) is 2.38. The molecule has 2 aliphatic rings. The van der Waals surface area contributed by atoms with E-state index in [1.165, 1.54) is 0 Å². The second kappa shape index (κ2) is 5.98. The number of halogens is 1. The fourth-order valence-electron chi connectivity index (χ4n) is 3.62.